The first-order valence-electron chi connectivity index (χ1n) is 9.80. The lowest BCUT2D eigenvalue weighted by molar-refractivity contribution is 0.0882. The number of ether oxygens (including phenoxy) is 2. The van der Waals surface area contributed by atoms with Gasteiger partial charge in [-0.25, -0.2) is 0 Å². The van der Waals surface area contributed by atoms with Gasteiger partial charge in [-0.2, -0.15) is 0 Å². The number of thiocarbonyl (C=S) groups is 1. The van der Waals surface area contributed by atoms with Gasteiger partial charge in [0.2, 0.25) is 0 Å². The molecule has 0 bridgehead atoms. The Hall–Kier alpha value is -1.59. The van der Waals surface area contributed by atoms with Crippen LogP contribution in [0.15, 0.2) is 36.4 Å². The van der Waals surface area contributed by atoms with Crippen molar-refractivity contribution in [1.82, 2.24) is 4.90 Å². The van der Waals surface area contributed by atoms with Crippen molar-refractivity contribution in [2.75, 3.05) is 31.6 Å². The number of rotatable bonds is 7. The predicted octanol–water partition coefficient (Wildman–Crippen LogP) is 4.62. The van der Waals surface area contributed by atoms with Crippen LogP contribution in [0.4, 0.5) is 5.69 Å². The zero-order chi connectivity index (χ0) is 18.2. The van der Waals surface area contributed by atoms with Gasteiger partial charge in [0.1, 0.15) is 5.75 Å². The van der Waals surface area contributed by atoms with Crippen LogP contribution in [-0.2, 0) is 4.74 Å². The van der Waals surface area contributed by atoms with Crippen molar-refractivity contribution in [3.05, 3.63) is 36.4 Å². The van der Waals surface area contributed by atoms with Gasteiger partial charge in [0.25, 0.3) is 0 Å². The van der Waals surface area contributed by atoms with Gasteiger partial charge in [-0.15, -0.1) is 0 Å². The summed E-state index contributed by atoms with van der Waals surface area (Å²) in [5.41, 5.74) is 0.931. The third-order valence-electron chi connectivity index (χ3n) is 5.02. The SMILES string of the molecule is CCOc1ccccc1NC(=S)N(CC1CC=CCC1)CC1CCCO1. The molecule has 0 radical (unpaired) electrons. The van der Waals surface area contributed by atoms with Gasteiger partial charge in [0.15, 0.2) is 5.11 Å². The van der Waals surface area contributed by atoms with E-state index in [0.29, 0.717) is 12.5 Å². The lowest BCUT2D eigenvalue weighted by Gasteiger charge is -2.32. The van der Waals surface area contributed by atoms with Crippen LogP contribution >= 0.6 is 12.2 Å². The minimum absolute atomic E-state index is 0.288. The summed E-state index contributed by atoms with van der Waals surface area (Å²) in [5, 5.41) is 4.18. The molecule has 1 heterocycles. The molecule has 0 spiro atoms. The molecule has 1 aliphatic heterocycles. The quantitative estimate of drug-likeness (QED) is 0.556. The summed E-state index contributed by atoms with van der Waals surface area (Å²) in [6, 6.07) is 7.98. The molecule has 5 heteroatoms. The Morgan fingerprint density at radius 2 is 2.15 bits per heavy atom. The molecule has 26 heavy (non-hydrogen) atoms. The number of hydrogen-bond donors (Lipinski definition) is 1. The highest BCUT2D eigenvalue weighted by Gasteiger charge is 2.24. The van der Waals surface area contributed by atoms with Crippen molar-refractivity contribution >= 4 is 23.0 Å². The third-order valence-corrected chi connectivity index (χ3v) is 5.38. The number of nitrogens with one attached hydrogen (secondary N) is 1. The van der Waals surface area contributed by atoms with Crippen molar-refractivity contribution in [2.45, 2.75) is 45.1 Å². The van der Waals surface area contributed by atoms with Crippen LogP contribution in [0.1, 0.15) is 39.0 Å². The molecule has 2 aliphatic rings. The second-order valence-electron chi connectivity index (χ2n) is 7.05. The Morgan fingerprint density at radius 3 is 2.88 bits per heavy atom. The first kappa shape index (κ1) is 19.2. The van der Waals surface area contributed by atoms with Gasteiger partial charge >= 0.3 is 0 Å². The van der Waals surface area contributed by atoms with Crippen LogP contribution in [0.2, 0.25) is 0 Å². The van der Waals surface area contributed by atoms with Crippen LogP contribution in [0.3, 0.4) is 0 Å². The van der Waals surface area contributed by atoms with Gasteiger partial charge in [0.05, 0.1) is 18.4 Å². The molecule has 1 aromatic rings. The lowest BCUT2D eigenvalue weighted by atomic mass is 9.94. The van der Waals surface area contributed by atoms with Crippen LogP contribution in [0, 0.1) is 5.92 Å². The highest BCUT2D eigenvalue weighted by Crippen LogP contribution is 2.26. The number of anilines is 1. The van der Waals surface area contributed by atoms with Crippen molar-refractivity contribution in [3.8, 4) is 5.75 Å². The Labute approximate surface area is 162 Å². The molecule has 1 aliphatic carbocycles. The topological polar surface area (TPSA) is 33.7 Å². The molecule has 0 aromatic heterocycles. The zero-order valence-electron chi connectivity index (χ0n) is 15.7. The highest BCUT2D eigenvalue weighted by molar-refractivity contribution is 7.80. The molecular formula is C21H30N2O2S. The summed E-state index contributed by atoms with van der Waals surface area (Å²) >= 11 is 5.79. The number of benzene rings is 1. The summed E-state index contributed by atoms with van der Waals surface area (Å²) in [7, 11) is 0. The van der Waals surface area contributed by atoms with E-state index in [1.165, 1.54) is 12.8 Å². The summed E-state index contributed by atoms with van der Waals surface area (Å²) < 4.78 is 11.6. The van der Waals surface area contributed by atoms with Gasteiger partial charge < -0.3 is 19.7 Å². The molecule has 1 N–H and O–H groups in total. The lowest BCUT2D eigenvalue weighted by Crippen LogP contribution is -2.43. The largest absolute Gasteiger partial charge is 0.492 e. The number of allylic oxidation sites excluding steroid dienone is 2. The fourth-order valence-electron chi connectivity index (χ4n) is 3.65. The van der Waals surface area contributed by atoms with E-state index in [4.69, 9.17) is 21.7 Å². The van der Waals surface area contributed by atoms with Crippen LogP contribution in [0.5, 0.6) is 5.75 Å². The second-order valence-corrected chi connectivity index (χ2v) is 7.44. The maximum atomic E-state index is 5.87. The average Bonchev–Trinajstić information content (AvgIpc) is 3.17. The van der Waals surface area contributed by atoms with Crippen molar-refractivity contribution in [2.24, 2.45) is 5.92 Å². The Bertz CT molecular complexity index is 614. The maximum absolute atomic E-state index is 5.87. The molecule has 142 valence electrons. The van der Waals surface area contributed by atoms with Crippen LogP contribution in [-0.4, -0.2) is 42.4 Å². The van der Waals surface area contributed by atoms with E-state index in [1.807, 2.05) is 31.2 Å². The van der Waals surface area contributed by atoms with Gasteiger partial charge in [-0.3, -0.25) is 0 Å². The summed E-state index contributed by atoms with van der Waals surface area (Å²) in [6.07, 6.45) is 10.7. The zero-order valence-corrected chi connectivity index (χ0v) is 16.5. The van der Waals surface area contributed by atoms with E-state index in [-0.39, 0.29) is 6.10 Å². The van der Waals surface area contributed by atoms with E-state index in [9.17, 15) is 0 Å². The molecule has 0 amide bonds. The minimum Gasteiger partial charge on any atom is -0.492 e. The standard InChI is InChI=1S/C21H30N2O2S/c1-2-24-20-13-7-6-12-19(20)22-21(26)23(16-18-11-8-14-25-18)15-17-9-4-3-5-10-17/h3-4,6-7,12-13,17-18H,2,5,8-11,14-16H2,1H3,(H,22,26). The molecular weight excluding hydrogens is 344 g/mol. The number of nitrogens with zero attached hydrogens (tertiary/aromatic N) is 1. The van der Waals surface area contributed by atoms with E-state index in [1.54, 1.807) is 0 Å². The predicted molar refractivity (Wildman–Crippen MR) is 111 cm³/mol. The van der Waals surface area contributed by atoms with E-state index in [0.717, 1.165) is 55.5 Å². The van der Waals surface area contributed by atoms with Crippen molar-refractivity contribution in [3.63, 3.8) is 0 Å². The van der Waals surface area contributed by atoms with Crippen LogP contribution < -0.4 is 10.1 Å². The molecule has 0 saturated carbocycles. The Morgan fingerprint density at radius 1 is 1.27 bits per heavy atom. The highest BCUT2D eigenvalue weighted by atomic mass is 32.1. The third kappa shape index (κ3) is 5.45. The van der Waals surface area contributed by atoms with Gasteiger partial charge in [-0.1, -0.05) is 24.3 Å². The fourth-order valence-corrected chi connectivity index (χ4v) is 3.91. The molecule has 3 rings (SSSR count). The van der Waals surface area contributed by atoms with Crippen molar-refractivity contribution in [1.29, 1.82) is 0 Å². The van der Waals surface area contributed by atoms with Gasteiger partial charge in [0, 0.05) is 19.7 Å². The van der Waals surface area contributed by atoms with Crippen LogP contribution in [0.25, 0.3) is 0 Å². The first-order chi connectivity index (χ1) is 12.8. The maximum Gasteiger partial charge on any atom is 0.173 e. The molecule has 2 atom stereocenters. The Kier molecular flexibility index (Phi) is 7.32. The smallest absolute Gasteiger partial charge is 0.173 e. The van der Waals surface area contributed by atoms with Gasteiger partial charge in [-0.05, 0) is 69.3 Å². The van der Waals surface area contributed by atoms with Crippen molar-refractivity contribution < 1.29 is 9.47 Å². The number of para-hydroxylation sites is 2. The summed E-state index contributed by atoms with van der Waals surface area (Å²) in [4.78, 5) is 2.30. The summed E-state index contributed by atoms with van der Waals surface area (Å²) in [5.74, 6) is 1.50. The first-order valence-corrected chi connectivity index (χ1v) is 10.2. The number of hydrogen-bond acceptors (Lipinski definition) is 3. The molecule has 1 fully saturated rings. The molecule has 1 aromatic carbocycles. The minimum atomic E-state index is 0.288. The average molecular weight is 375 g/mol. The molecule has 2 unspecified atom stereocenters. The summed E-state index contributed by atoms with van der Waals surface area (Å²) in [6.45, 7) is 5.35. The molecule has 1 saturated heterocycles. The monoisotopic (exact) mass is 374 g/mol. The van der Waals surface area contributed by atoms with E-state index >= 15 is 0 Å². The fraction of sp³-hybridized carbons (Fsp3) is 0.571. The second kappa shape index (κ2) is 9.93. The van der Waals surface area contributed by atoms with E-state index in [2.05, 4.69) is 22.4 Å². The normalized spacial score (nSPS) is 22.2. The van der Waals surface area contributed by atoms with E-state index < -0.39 is 0 Å². The Balaban J connectivity index is 1.67. The molecule has 4 nitrogen and oxygen atoms in total.